The maximum atomic E-state index is 12.8. The van der Waals surface area contributed by atoms with Gasteiger partial charge in [-0.3, -0.25) is 9.52 Å². The number of amides is 1. The van der Waals surface area contributed by atoms with Crippen molar-refractivity contribution < 1.29 is 13.2 Å². The molecule has 0 aliphatic heterocycles. The van der Waals surface area contributed by atoms with E-state index < -0.39 is 10.0 Å². The van der Waals surface area contributed by atoms with E-state index >= 15 is 0 Å². The van der Waals surface area contributed by atoms with Gasteiger partial charge in [-0.25, -0.2) is 8.42 Å². The van der Waals surface area contributed by atoms with E-state index in [1.807, 2.05) is 40.1 Å². The van der Waals surface area contributed by atoms with Crippen molar-refractivity contribution in [1.82, 2.24) is 10.2 Å². The first-order valence-electron chi connectivity index (χ1n) is 9.24. The molecule has 0 saturated heterocycles. The Morgan fingerprint density at radius 1 is 1.07 bits per heavy atom. The summed E-state index contributed by atoms with van der Waals surface area (Å²) < 4.78 is 28.2. The molecular formula is C21H29N3O3S. The minimum Gasteiger partial charge on any atom is -0.350 e. The lowest BCUT2D eigenvalue weighted by atomic mass is 10.1. The highest BCUT2D eigenvalue weighted by molar-refractivity contribution is 7.92. The van der Waals surface area contributed by atoms with Crippen molar-refractivity contribution in [1.29, 1.82) is 0 Å². The number of carbonyl (C=O) groups excluding carboxylic acids is 1. The summed E-state index contributed by atoms with van der Waals surface area (Å²) in [7, 11) is 0.158. The fourth-order valence-electron chi connectivity index (χ4n) is 2.69. The Kier molecular flexibility index (Phi) is 7.21. The lowest BCUT2D eigenvalue weighted by Crippen LogP contribution is -2.34. The topological polar surface area (TPSA) is 78.5 Å². The maximum absolute atomic E-state index is 12.8. The van der Waals surface area contributed by atoms with Crippen LogP contribution >= 0.6 is 0 Å². The van der Waals surface area contributed by atoms with Crippen LogP contribution in [0.3, 0.4) is 0 Å². The van der Waals surface area contributed by atoms with Crippen LogP contribution in [-0.2, 0) is 10.0 Å². The Labute approximate surface area is 168 Å². The van der Waals surface area contributed by atoms with E-state index in [-0.39, 0.29) is 16.8 Å². The number of rotatable bonds is 8. The Hall–Kier alpha value is -2.38. The number of benzene rings is 2. The van der Waals surface area contributed by atoms with Crippen molar-refractivity contribution >= 4 is 21.6 Å². The van der Waals surface area contributed by atoms with Gasteiger partial charge in [0.2, 0.25) is 0 Å². The van der Waals surface area contributed by atoms with Crippen molar-refractivity contribution in [2.75, 3.05) is 25.4 Å². The number of nitrogens with zero attached hydrogens (tertiary/aromatic N) is 1. The summed E-state index contributed by atoms with van der Waals surface area (Å²) in [5.41, 5.74) is 2.43. The largest absolute Gasteiger partial charge is 0.350 e. The molecule has 0 aliphatic carbocycles. The molecule has 0 bridgehead atoms. The van der Waals surface area contributed by atoms with Gasteiger partial charge in [-0.2, -0.15) is 0 Å². The Morgan fingerprint density at radius 2 is 1.71 bits per heavy atom. The quantitative estimate of drug-likeness (QED) is 0.710. The van der Waals surface area contributed by atoms with Gasteiger partial charge in [-0.15, -0.1) is 0 Å². The average Bonchev–Trinajstić information content (AvgIpc) is 2.62. The SMILES string of the molecule is Cc1ccc(NS(=O)(=O)c2cc(C(=O)NC(C)CCN(C)C)ccc2C)cc1. The number of hydrogen-bond acceptors (Lipinski definition) is 4. The molecule has 1 unspecified atom stereocenters. The Morgan fingerprint density at radius 3 is 2.32 bits per heavy atom. The molecule has 0 heterocycles. The molecular weight excluding hydrogens is 374 g/mol. The fraction of sp³-hybridized carbons (Fsp3) is 0.381. The molecule has 6 nitrogen and oxygen atoms in total. The molecule has 1 amide bonds. The number of sulfonamides is 1. The van der Waals surface area contributed by atoms with E-state index in [1.165, 1.54) is 6.07 Å². The third-order valence-corrected chi connectivity index (χ3v) is 5.95. The second-order valence-corrected chi connectivity index (χ2v) is 9.07. The summed E-state index contributed by atoms with van der Waals surface area (Å²) in [4.78, 5) is 14.7. The zero-order chi connectivity index (χ0) is 20.9. The predicted molar refractivity (Wildman–Crippen MR) is 113 cm³/mol. The molecule has 0 fully saturated rings. The van der Waals surface area contributed by atoms with Gasteiger partial charge >= 0.3 is 0 Å². The first-order valence-corrected chi connectivity index (χ1v) is 10.7. The van der Waals surface area contributed by atoms with Crippen LogP contribution in [0, 0.1) is 13.8 Å². The zero-order valence-electron chi connectivity index (χ0n) is 17.1. The smallest absolute Gasteiger partial charge is 0.262 e. The minimum absolute atomic E-state index is 0.0121. The molecule has 0 spiro atoms. The maximum Gasteiger partial charge on any atom is 0.262 e. The number of anilines is 1. The first kappa shape index (κ1) is 21.9. The van der Waals surface area contributed by atoms with Crippen LogP contribution in [0.4, 0.5) is 5.69 Å². The normalized spacial score (nSPS) is 12.6. The molecule has 2 aromatic rings. The molecule has 152 valence electrons. The van der Waals surface area contributed by atoms with Crippen LogP contribution in [0.1, 0.15) is 34.8 Å². The van der Waals surface area contributed by atoms with Crippen molar-refractivity contribution in [3.63, 3.8) is 0 Å². The van der Waals surface area contributed by atoms with Gasteiger partial charge in [0.1, 0.15) is 0 Å². The van der Waals surface area contributed by atoms with E-state index in [9.17, 15) is 13.2 Å². The predicted octanol–water partition coefficient (Wildman–Crippen LogP) is 3.17. The van der Waals surface area contributed by atoms with Crippen LogP contribution in [0.15, 0.2) is 47.4 Å². The van der Waals surface area contributed by atoms with Crippen molar-refractivity contribution in [2.45, 2.75) is 38.1 Å². The third kappa shape index (κ3) is 6.07. The molecule has 0 saturated carbocycles. The summed E-state index contributed by atoms with van der Waals surface area (Å²) >= 11 is 0. The average molecular weight is 404 g/mol. The van der Waals surface area contributed by atoms with Gasteiger partial charge in [-0.1, -0.05) is 23.8 Å². The molecule has 0 radical (unpaired) electrons. The van der Waals surface area contributed by atoms with E-state index in [1.54, 1.807) is 31.2 Å². The summed E-state index contributed by atoms with van der Waals surface area (Å²) in [6.07, 6.45) is 0.810. The summed E-state index contributed by atoms with van der Waals surface area (Å²) in [6, 6.07) is 11.8. The first-order chi connectivity index (χ1) is 13.1. The van der Waals surface area contributed by atoms with Crippen molar-refractivity contribution in [3.05, 3.63) is 59.2 Å². The van der Waals surface area contributed by atoms with Gasteiger partial charge < -0.3 is 10.2 Å². The van der Waals surface area contributed by atoms with E-state index in [0.717, 1.165) is 18.5 Å². The van der Waals surface area contributed by atoms with Gasteiger partial charge in [0, 0.05) is 17.3 Å². The number of nitrogens with one attached hydrogen (secondary N) is 2. The highest BCUT2D eigenvalue weighted by Crippen LogP contribution is 2.21. The summed E-state index contributed by atoms with van der Waals surface area (Å²) in [5, 5.41) is 2.92. The van der Waals surface area contributed by atoms with E-state index in [2.05, 4.69) is 14.9 Å². The summed E-state index contributed by atoms with van der Waals surface area (Å²) in [5.74, 6) is -0.280. The second kappa shape index (κ2) is 9.21. The number of hydrogen-bond donors (Lipinski definition) is 2. The number of carbonyl (C=O) groups is 1. The lowest BCUT2D eigenvalue weighted by Gasteiger charge is -2.17. The molecule has 1 atom stereocenters. The van der Waals surface area contributed by atoms with Crippen LogP contribution in [-0.4, -0.2) is 45.9 Å². The van der Waals surface area contributed by atoms with Gasteiger partial charge in [0.05, 0.1) is 4.90 Å². The molecule has 2 aromatic carbocycles. The standard InChI is InChI=1S/C21H29N3O3S/c1-15-6-10-19(11-7-15)23-28(26,27)20-14-18(9-8-16(20)2)21(25)22-17(3)12-13-24(4)5/h6-11,14,17,23H,12-13H2,1-5H3,(H,22,25). The van der Waals surface area contributed by atoms with Gasteiger partial charge in [0.15, 0.2) is 0 Å². The van der Waals surface area contributed by atoms with Crippen LogP contribution in [0.2, 0.25) is 0 Å². The number of aryl methyl sites for hydroxylation is 2. The van der Waals surface area contributed by atoms with Crippen molar-refractivity contribution in [3.8, 4) is 0 Å². The van der Waals surface area contributed by atoms with Gasteiger partial charge in [-0.05, 0) is 77.7 Å². The van der Waals surface area contributed by atoms with Crippen molar-refractivity contribution in [2.24, 2.45) is 0 Å². The van der Waals surface area contributed by atoms with Gasteiger partial charge in [0.25, 0.3) is 15.9 Å². The fourth-order valence-corrected chi connectivity index (χ4v) is 4.02. The van der Waals surface area contributed by atoms with Crippen LogP contribution < -0.4 is 10.0 Å². The zero-order valence-corrected chi connectivity index (χ0v) is 17.9. The molecule has 7 heteroatoms. The van der Waals surface area contributed by atoms with Crippen LogP contribution in [0.25, 0.3) is 0 Å². The minimum atomic E-state index is -3.80. The molecule has 0 aliphatic rings. The molecule has 0 aromatic heterocycles. The monoisotopic (exact) mass is 403 g/mol. The highest BCUT2D eigenvalue weighted by atomic mass is 32.2. The van der Waals surface area contributed by atoms with E-state index in [4.69, 9.17) is 0 Å². The third-order valence-electron chi connectivity index (χ3n) is 4.43. The van der Waals surface area contributed by atoms with Crippen LogP contribution in [0.5, 0.6) is 0 Å². The van der Waals surface area contributed by atoms with E-state index in [0.29, 0.717) is 16.8 Å². The molecule has 2 rings (SSSR count). The lowest BCUT2D eigenvalue weighted by molar-refractivity contribution is 0.0936. The highest BCUT2D eigenvalue weighted by Gasteiger charge is 2.20. The summed E-state index contributed by atoms with van der Waals surface area (Å²) in [6.45, 7) is 6.44. The molecule has 28 heavy (non-hydrogen) atoms. The Balaban J connectivity index is 2.19. The Bertz CT molecular complexity index is 922. The second-order valence-electron chi connectivity index (χ2n) is 7.42. The molecule has 2 N–H and O–H groups in total.